The van der Waals surface area contributed by atoms with Crippen LogP contribution in [0.1, 0.15) is 18.2 Å². The van der Waals surface area contributed by atoms with Crippen molar-refractivity contribution in [2.24, 2.45) is 0 Å². The van der Waals surface area contributed by atoms with Crippen molar-refractivity contribution in [1.29, 1.82) is 0 Å². The zero-order chi connectivity index (χ0) is 23.8. The van der Waals surface area contributed by atoms with Crippen molar-refractivity contribution < 1.29 is 27.2 Å². The van der Waals surface area contributed by atoms with Crippen LogP contribution in [-0.2, 0) is 21.9 Å². The Labute approximate surface area is 193 Å². The van der Waals surface area contributed by atoms with Crippen molar-refractivity contribution in [3.63, 3.8) is 0 Å². The Hall–Kier alpha value is -3.27. The van der Waals surface area contributed by atoms with Crippen molar-refractivity contribution in [1.82, 2.24) is 9.88 Å². The number of hydrogen-bond acceptors (Lipinski definition) is 5. The number of carbonyl (C=O) groups excluding carboxylic acids is 2. The smallest absolute Gasteiger partial charge is 0.444 e. The fourth-order valence-electron chi connectivity index (χ4n) is 3.01. The molecule has 0 fully saturated rings. The molecule has 1 heterocycles. The topological polar surface area (TPSA) is 75.4 Å². The molecule has 0 bridgehead atoms. The Kier molecular flexibility index (Phi) is 8.16. The molecular formula is C23H22F3N3O3S. The zero-order valence-electron chi connectivity index (χ0n) is 17.8. The molecule has 0 aliphatic carbocycles. The van der Waals surface area contributed by atoms with Gasteiger partial charge in [0.05, 0.1) is 11.4 Å². The van der Waals surface area contributed by atoms with Gasteiger partial charge >= 0.3 is 12.1 Å². The Balaban J connectivity index is 1.50. The summed E-state index contributed by atoms with van der Waals surface area (Å²) in [5.41, 5.74) is 2.50. The highest BCUT2D eigenvalue weighted by Gasteiger charge is 2.41. The lowest BCUT2D eigenvalue weighted by Crippen LogP contribution is -2.40. The summed E-state index contributed by atoms with van der Waals surface area (Å²) >= 11 is 1.35. The highest BCUT2D eigenvalue weighted by atomic mass is 32.2. The molecule has 33 heavy (non-hydrogen) atoms. The van der Waals surface area contributed by atoms with Crippen LogP contribution in [0.5, 0.6) is 0 Å². The predicted octanol–water partition coefficient (Wildman–Crippen LogP) is 5.12. The maximum atomic E-state index is 12.7. The number of aromatic nitrogens is 1. The van der Waals surface area contributed by atoms with Crippen LogP contribution >= 0.6 is 11.8 Å². The standard InChI is InChI=1S/C23H22F3N3O3S/c1-2-29(22(31)23(24,25)26)12-16-7-6-10-18(11-16)27-20(30)15-33-14-19-13-32-21(28-19)17-8-4-3-5-9-17/h3-11,13H,2,12,14-15H2,1H3,(H,27,30). The number of carbonyl (C=O) groups is 2. The van der Waals surface area contributed by atoms with Crippen LogP contribution < -0.4 is 5.32 Å². The number of oxazole rings is 1. The lowest BCUT2D eigenvalue weighted by Gasteiger charge is -2.22. The first kappa shape index (κ1) is 24.4. The lowest BCUT2D eigenvalue weighted by molar-refractivity contribution is -0.185. The van der Waals surface area contributed by atoms with Gasteiger partial charge in [0, 0.05) is 30.1 Å². The molecule has 0 spiro atoms. The van der Waals surface area contributed by atoms with E-state index in [-0.39, 0.29) is 24.7 Å². The van der Waals surface area contributed by atoms with Crippen LogP contribution in [0.3, 0.4) is 0 Å². The Morgan fingerprint density at radius 1 is 1.12 bits per heavy atom. The van der Waals surface area contributed by atoms with Crippen molar-refractivity contribution in [3.8, 4) is 11.5 Å². The monoisotopic (exact) mass is 477 g/mol. The van der Waals surface area contributed by atoms with Crippen LogP contribution in [0.25, 0.3) is 11.5 Å². The molecule has 0 saturated carbocycles. The number of rotatable bonds is 9. The highest BCUT2D eigenvalue weighted by Crippen LogP contribution is 2.22. The quantitative estimate of drug-likeness (QED) is 0.463. The number of alkyl halides is 3. The summed E-state index contributed by atoms with van der Waals surface area (Å²) in [6.45, 7) is 1.19. The third-order valence-corrected chi connectivity index (χ3v) is 5.52. The molecular weight excluding hydrogens is 455 g/mol. The van der Waals surface area contributed by atoms with Gasteiger partial charge in [-0.05, 0) is 36.8 Å². The SMILES string of the molecule is CCN(Cc1cccc(NC(=O)CSCc2coc(-c3ccccc3)n2)c1)C(=O)C(F)(F)F. The molecule has 174 valence electrons. The first-order valence-electron chi connectivity index (χ1n) is 10.1. The number of anilines is 1. The Bertz CT molecular complexity index is 1090. The van der Waals surface area contributed by atoms with E-state index < -0.39 is 12.1 Å². The molecule has 0 radical (unpaired) electrons. The van der Waals surface area contributed by atoms with Gasteiger partial charge in [-0.15, -0.1) is 11.8 Å². The van der Waals surface area contributed by atoms with Crippen LogP contribution in [-0.4, -0.2) is 40.2 Å². The molecule has 2 amide bonds. The normalized spacial score (nSPS) is 11.3. The summed E-state index contributed by atoms with van der Waals surface area (Å²) < 4.78 is 43.6. The average molecular weight is 478 g/mol. The van der Waals surface area contributed by atoms with Gasteiger partial charge in [-0.1, -0.05) is 30.3 Å². The van der Waals surface area contributed by atoms with Crippen LogP contribution in [0.4, 0.5) is 18.9 Å². The van der Waals surface area contributed by atoms with Gasteiger partial charge in [0.2, 0.25) is 11.8 Å². The molecule has 0 aliphatic heterocycles. The lowest BCUT2D eigenvalue weighted by atomic mass is 10.2. The number of benzene rings is 2. The molecule has 3 aromatic rings. The number of amides is 2. The van der Waals surface area contributed by atoms with E-state index >= 15 is 0 Å². The predicted molar refractivity (Wildman–Crippen MR) is 120 cm³/mol. The molecule has 0 unspecified atom stereocenters. The van der Waals surface area contributed by atoms with Gasteiger partial charge in [0.25, 0.3) is 0 Å². The third kappa shape index (κ3) is 7.11. The summed E-state index contributed by atoms with van der Waals surface area (Å²) in [5, 5.41) is 2.72. The first-order valence-corrected chi connectivity index (χ1v) is 11.2. The fraction of sp³-hybridized carbons (Fsp3) is 0.261. The van der Waals surface area contributed by atoms with Crippen molar-refractivity contribution in [2.75, 3.05) is 17.6 Å². The summed E-state index contributed by atoms with van der Waals surface area (Å²) in [6.07, 6.45) is -3.37. The number of nitrogens with one attached hydrogen (secondary N) is 1. The number of nitrogens with zero attached hydrogens (tertiary/aromatic N) is 2. The van der Waals surface area contributed by atoms with Crippen molar-refractivity contribution >= 4 is 29.3 Å². The maximum Gasteiger partial charge on any atom is 0.471 e. The summed E-state index contributed by atoms with van der Waals surface area (Å²) in [6, 6.07) is 15.9. The van der Waals surface area contributed by atoms with Gasteiger partial charge in [0.1, 0.15) is 6.26 Å². The molecule has 0 atom stereocenters. The van der Waals surface area contributed by atoms with Gasteiger partial charge in [-0.25, -0.2) is 4.98 Å². The molecule has 1 aromatic heterocycles. The third-order valence-electron chi connectivity index (χ3n) is 4.55. The van der Waals surface area contributed by atoms with E-state index in [9.17, 15) is 22.8 Å². The Morgan fingerprint density at radius 2 is 1.88 bits per heavy atom. The van der Waals surface area contributed by atoms with Crippen LogP contribution in [0.15, 0.2) is 65.3 Å². The van der Waals surface area contributed by atoms with E-state index in [1.165, 1.54) is 18.7 Å². The fourth-order valence-corrected chi connectivity index (χ4v) is 3.71. The van der Waals surface area contributed by atoms with Gasteiger partial charge in [-0.3, -0.25) is 9.59 Å². The molecule has 2 aromatic carbocycles. The number of halogens is 3. The Morgan fingerprint density at radius 3 is 2.58 bits per heavy atom. The highest BCUT2D eigenvalue weighted by molar-refractivity contribution is 7.99. The van der Waals surface area contributed by atoms with E-state index in [1.54, 1.807) is 30.5 Å². The average Bonchev–Trinajstić information content (AvgIpc) is 3.26. The van der Waals surface area contributed by atoms with Gasteiger partial charge in [0.15, 0.2) is 0 Å². The van der Waals surface area contributed by atoms with E-state index in [0.717, 1.165) is 5.56 Å². The second-order valence-corrected chi connectivity index (χ2v) is 8.05. The molecule has 0 saturated heterocycles. The molecule has 1 N–H and O–H groups in total. The van der Waals surface area contributed by atoms with E-state index in [2.05, 4.69) is 10.3 Å². The molecule has 0 aliphatic rings. The minimum atomic E-state index is -4.93. The first-order chi connectivity index (χ1) is 15.8. The van der Waals surface area contributed by atoms with Crippen LogP contribution in [0.2, 0.25) is 0 Å². The summed E-state index contributed by atoms with van der Waals surface area (Å²) in [4.78, 5) is 28.9. The van der Waals surface area contributed by atoms with Crippen molar-refractivity contribution in [2.45, 2.75) is 25.4 Å². The molecule has 3 rings (SSSR count). The van der Waals surface area contributed by atoms with E-state index in [0.29, 0.717) is 33.5 Å². The number of hydrogen-bond donors (Lipinski definition) is 1. The summed E-state index contributed by atoms with van der Waals surface area (Å²) in [5.74, 6) is -1.00. The molecule has 10 heteroatoms. The van der Waals surface area contributed by atoms with Gasteiger partial charge in [-0.2, -0.15) is 13.2 Å². The van der Waals surface area contributed by atoms with E-state index in [4.69, 9.17) is 4.42 Å². The second-order valence-electron chi connectivity index (χ2n) is 7.07. The van der Waals surface area contributed by atoms with E-state index in [1.807, 2.05) is 30.3 Å². The minimum absolute atomic E-state index is 0.0837. The molecule has 6 nitrogen and oxygen atoms in total. The summed E-state index contributed by atoms with van der Waals surface area (Å²) in [7, 11) is 0. The second kappa shape index (κ2) is 11.0. The number of thioether (sulfide) groups is 1. The minimum Gasteiger partial charge on any atom is -0.444 e. The van der Waals surface area contributed by atoms with Crippen molar-refractivity contribution in [3.05, 3.63) is 72.1 Å². The largest absolute Gasteiger partial charge is 0.471 e. The maximum absolute atomic E-state index is 12.7. The zero-order valence-corrected chi connectivity index (χ0v) is 18.6. The van der Waals surface area contributed by atoms with Gasteiger partial charge < -0.3 is 14.6 Å². The van der Waals surface area contributed by atoms with Crippen LogP contribution in [0, 0.1) is 0 Å².